The molecule has 154 valence electrons. The lowest BCUT2D eigenvalue weighted by Crippen LogP contribution is -2.54. The first-order valence-corrected chi connectivity index (χ1v) is 9.61. The van der Waals surface area contributed by atoms with E-state index in [1.807, 2.05) is 4.90 Å². The van der Waals surface area contributed by atoms with Crippen molar-refractivity contribution >= 4 is 22.6 Å². The first-order chi connectivity index (χ1) is 13.7. The average molecular weight is 405 g/mol. The maximum Gasteiger partial charge on any atom is 0.341 e. The summed E-state index contributed by atoms with van der Waals surface area (Å²) in [6, 6.07) is 0.427. The van der Waals surface area contributed by atoms with Crippen LogP contribution in [0.4, 0.5) is 14.5 Å². The summed E-state index contributed by atoms with van der Waals surface area (Å²) >= 11 is 0. The number of hydrogen-bond acceptors (Lipinski definition) is 5. The number of anilines is 1. The zero-order valence-electron chi connectivity index (χ0n) is 15.8. The second kappa shape index (κ2) is 5.91. The van der Waals surface area contributed by atoms with Crippen LogP contribution in [0, 0.1) is 11.7 Å². The number of carboxylic acids is 1. The Hall–Kier alpha value is -2.68. The zero-order chi connectivity index (χ0) is 20.7. The summed E-state index contributed by atoms with van der Waals surface area (Å²) in [4.78, 5) is 26.1. The van der Waals surface area contributed by atoms with E-state index >= 15 is 4.39 Å². The second-order valence-corrected chi connectivity index (χ2v) is 8.39. The van der Waals surface area contributed by atoms with E-state index in [9.17, 15) is 19.1 Å². The number of hydrogen-bond donors (Lipinski definition) is 2. The molecule has 0 radical (unpaired) electrons. The number of halogens is 2. The standard InChI is InChI=1S/C20H21F2N3O4/c1-29-18-15-10(17(26)11(19(27)28)7-25(15)14-5-12(14)21)4-13(22)16(18)24-6-9-2-3-20(9,23)8-24/h4,7,9,12,14H,2-3,5-6,8,23H2,1H3,(H,27,28)/t9?,12-,14+,20?/m0/s1. The monoisotopic (exact) mass is 405 g/mol. The van der Waals surface area contributed by atoms with E-state index in [-0.39, 0.29) is 40.2 Å². The lowest BCUT2D eigenvalue weighted by atomic mass is 9.70. The van der Waals surface area contributed by atoms with Crippen LogP contribution >= 0.6 is 0 Å². The van der Waals surface area contributed by atoms with Crippen molar-refractivity contribution in [1.82, 2.24) is 4.57 Å². The molecule has 3 N–H and O–H groups in total. The number of methoxy groups -OCH3 is 1. The number of carboxylic acid groups (broad SMARTS) is 1. The molecule has 7 nitrogen and oxygen atoms in total. The van der Waals surface area contributed by atoms with Gasteiger partial charge in [0.15, 0.2) is 11.6 Å². The van der Waals surface area contributed by atoms with Crippen LogP contribution < -0.4 is 20.8 Å². The number of alkyl halides is 1. The van der Waals surface area contributed by atoms with E-state index in [1.54, 1.807) is 0 Å². The van der Waals surface area contributed by atoms with Gasteiger partial charge in [-0.3, -0.25) is 4.79 Å². The van der Waals surface area contributed by atoms with Gasteiger partial charge >= 0.3 is 5.97 Å². The summed E-state index contributed by atoms with van der Waals surface area (Å²) < 4.78 is 36.1. The summed E-state index contributed by atoms with van der Waals surface area (Å²) in [5.74, 6) is -1.75. The van der Waals surface area contributed by atoms with Gasteiger partial charge in [0.05, 0.1) is 24.1 Å². The molecule has 2 aromatic rings. The molecule has 1 saturated heterocycles. The molecule has 9 heteroatoms. The lowest BCUT2D eigenvalue weighted by molar-refractivity contribution is 0.0694. The molecule has 2 heterocycles. The topological polar surface area (TPSA) is 97.8 Å². The van der Waals surface area contributed by atoms with Crippen LogP contribution in [0.1, 0.15) is 35.7 Å². The minimum Gasteiger partial charge on any atom is -0.492 e. The summed E-state index contributed by atoms with van der Waals surface area (Å²) in [6.45, 7) is 1.03. The van der Waals surface area contributed by atoms with Crippen molar-refractivity contribution in [2.75, 3.05) is 25.1 Å². The van der Waals surface area contributed by atoms with Gasteiger partial charge in [-0.15, -0.1) is 0 Å². The fourth-order valence-corrected chi connectivity index (χ4v) is 4.84. The van der Waals surface area contributed by atoms with Crippen molar-refractivity contribution in [2.45, 2.75) is 37.0 Å². The highest BCUT2D eigenvalue weighted by molar-refractivity contribution is 5.97. The van der Waals surface area contributed by atoms with Crippen molar-refractivity contribution in [3.05, 3.63) is 33.9 Å². The number of aromatic carboxylic acids is 1. The number of aromatic nitrogens is 1. The fraction of sp³-hybridized carbons (Fsp3) is 0.500. The predicted octanol–water partition coefficient (Wildman–Crippen LogP) is 2.06. The smallest absolute Gasteiger partial charge is 0.341 e. The van der Waals surface area contributed by atoms with Crippen LogP contribution in [0.15, 0.2) is 17.1 Å². The van der Waals surface area contributed by atoms with E-state index in [1.165, 1.54) is 11.7 Å². The Balaban J connectivity index is 1.78. The van der Waals surface area contributed by atoms with Gasteiger partial charge < -0.3 is 25.0 Å². The summed E-state index contributed by atoms with van der Waals surface area (Å²) in [5, 5.41) is 9.25. The quantitative estimate of drug-likeness (QED) is 0.808. The Morgan fingerprint density at radius 2 is 2.17 bits per heavy atom. The molecule has 0 spiro atoms. The van der Waals surface area contributed by atoms with E-state index < -0.39 is 35.0 Å². The van der Waals surface area contributed by atoms with Crippen LogP contribution in [0.2, 0.25) is 0 Å². The number of pyridine rings is 1. The Labute approximate surface area is 164 Å². The number of nitrogens with zero attached hydrogens (tertiary/aromatic N) is 2. The normalized spacial score (nSPS) is 30.2. The minimum atomic E-state index is -1.44. The molecule has 1 aliphatic heterocycles. The summed E-state index contributed by atoms with van der Waals surface area (Å²) in [7, 11) is 1.36. The highest BCUT2D eigenvalue weighted by Gasteiger charge is 2.51. The fourth-order valence-electron chi connectivity index (χ4n) is 4.84. The molecule has 1 aromatic carbocycles. The van der Waals surface area contributed by atoms with E-state index in [0.717, 1.165) is 25.1 Å². The Kier molecular flexibility index (Phi) is 3.74. The van der Waals surface area contributed by atoms with Crippen molar-refractivity contribution in [3.63, 3.8) is 0 Å². The van der Waals surface area contributed by atoms with Crippen molar-refractivity contribution < 1.29 is 23.4 Å². The molecular weight excluding hydrogens is 384 g/mol. The predicted molar refractivity (Wildman–Crippen MR) is 102 cm³/mol. The summed E-state index contributed by atoms with van der Waals surface area (Å²) in [6.07, 6.45) is 2.02. The first-order valence-electron chi connectivity index (χ1n) is 9.61. The van der Waals surface area contributed by atoms with Gasteiger partial charge in [-0.1, -0.05) is 0 Å². The molecule has 2 unspecified atom stereocenters. The van der Waals surface area contributed by atoms with Gasteiger partial charge in [-0.2, -0.15) is 0 Å². The van der Waals surface area contributed by atoms with Crippen LogP contribution in [0.3, 0.4) is 0 Å². The minimum absolute atomic E-state index is 0.109. The van der Waals surface area contributed by atoms with Gasteiger partial charge in [0.2, 0.25) is 5.43 Å². The van der Waals surface area contributed by atoms with Gasteiger partial charge in [0, 0.05) is 31.2 Å². The number of fused-ring (bicyclic) bond motifs is 2. The third kappa shape index (κ3) is 2.49. The molecule has 2 saturated carbocycles. The largest absolute Gasteiger partial charge is 0.492 e. The van der Waals surface area contributed by atoms with E-state index in [4.69, 9.17) is 10.5 Å². The number of rotatable bonds is 4. The van der Waals surface area contributed by atoms with Gasteiger partial charge in [-0.05, 0) is 24.8 Å². The molecule has 1 aromatic heterocycles. The number of carbonyl (C=O) groups is 1. The van der Waals surface area contributed by atoms with Crippen LogP contribution in [0.25, 0.3) is 10.9 Å². The molecule has 5 rings (SSSR count). The van der Waals surface area contributed by atoms with E-state index in [0.29, 0.717) is 13.1 Å². The lowest BCUT2D eigenvalue weighted by Gasteiger charge is -2.40. The molecule has 0 bridgehead atoms. The number of benzene rings is 1. The average Bonchev–Trinajstić information content (AvgIpc) is 3.34. The highest BCUT2D eigenvalue weighted by Crippen LogP contribution is 2.49. The molecule has 4 atom stereocenters. The molecule has 3 aliphatic rings. The van der Waals surface area contributed by atoms with Crippen LogP contribution in [-0.2, 0) is 0 Å². The van der Waals surface area contributed by atoms with Gasteiger partial charge in [0.25, 0.3) is 0 Å². The Bertz CT molecular complexity index is 1120. The molecule has 2 aliphatic carbocycles. The third-order valence-electron chi connectivity index (χ3n) is 6.68. The second-order valence-electron chi connectivity index (χ2n) is 8.39. The maximum absolute atomic E-state index is 15.2. The van der Waals surface area contributed by atoms with Gasteiger partial charge in [0.1, 0.15) is 17.4 Å². The first kappa shape index (κ1) is 18.4. The van der Waals surface area contributed by atoms with Gasteiger partial charge in [-0.25, -0.2) is 13.6 Å². The van der Waals surface area contributed by atoms with Crippen molar-refractivity contribution in [1.29, 1.82) is 0 Å². The molecule has 29 heavy (non-hydrogen) atoms. The van der Waals surface area contributed by atoms with Crippen LogP contribution in [0.5, 0.6) is 5.75 Å². The van der Waals surface area contributed by atoms with Crippen LogP contribution in [-0.4, -0.2) is 47.6 Å². The molecule has 0 amide bonds. The SMILES string of the molecule is COc1c(N2CC3CCC3(N)C2)c(F)cc2c(=O)c(C(=O)O)cn([C@@H]3C[C@@H]3F)c12. The third-order valence-corrected chi connectivity index (χ3v) is 6.68. The number of ether oxygens (including phenoxy) is 1. The van der Waals surface area contributed by atoms with Crippen molar-refractivity contribution in [3.8, 4) is 5.75 Å². The summed E-state index contributed by atoms with van der Waals surface area (Å²) in [5.41, 5.74) is 5.10. The van der Waals surface area contributed by atoms with E-state index in [2.05, 4.69) is 0 Å². The Morgan fingerprint density at radius 1 is 1.45 bits per heavy atom. The zero-order valence-corrected chi connectivity index (χ0v) is 15.8. The molecule has 3 fully saturated rings. The Morgan fingerprint density at radius 3 is 2.66 bits per heavy atom. The number of nitrogens with two attached hydrogens (primary N) is 1. The molecular formula is C20H21F2N3O4. The maximum atomic E-state index is 15.2. The van der Waals surface area contributed by atoms with Crippen molar-refractivity contribution in [2.24, 2.45) is 11.7 Å². The highest BCUT2D eigenvalue weighted by atomic mass is 19.1.